The fraction of sp³-hybridized carbons (Fsp3) is 0.250. The van der Waals surface area contributed by atoms with Crippen LogP contribution in [0.3, 0.4) is 0 Å². The first kappa shape index (κ1) is 9.16. The third-order valence-electron chi connectivity index (χ3n) is 2.17. The first-order valence-corrected chi connectivity index (χ1v) is 4.74. The van der Waals surface area contributed by atoms with E-state index in [0.29, 0.717) is 0 Å². The van der Waals surface area contributed by atoms with Gasteiger partial charge in [-0.3, -0.25) is 4.98 Å². The van der Waals surface area contributed by atoms with Crippen LogP contribution in [0.15, 0.2) is 36.5 Å². The predicted octanol–water partition coefficient (Wildman–Crippen LogP) is 2.30. The van der Waals surface area contributed by atoms with Crippen LogP contribution in [0.4, 0.5) is 0 Å². The molecule has 0 fully saturated rings. The minimum atomic E-state index is 0.894. The van der Waals surface area contributed by atoms with E-state index in [1.54, 1.807) is 0 Å². The minimum Gasteiger partial charge on any atom is -0.304 e. The van der Waals surface area contributed by atoms with Gasteiger partial charge in [0.15, 0.2) is 0 Å². The lowest BCUT2D eigenvalue weighted by molar-refractivity contribution is 0.397. The van der Waals surface area contributed by atoms with Crippen LogP contribution in [0.25, 0.3) is 10.8 Å². The lowest BCUT2D eigenvalue weighted by atomic mass is 10.1. The van der Waals surface area contributed by atoms with Crippen LogP contribution in [-0.4, -0.2) is 24.0 Å². The SMILES string of the molecule is CN(C)Cc1cc2ccccc2cn1. The molecule has 2 rings (SSSR count). The molecule has 0 unspecified atom stereocenters. The van der Waals surface area contributed by atoms with Gasteiger partial charge in [0, 0.05) is 18.1 Å². The summed E-state index contributed by atoms with van der Waals surface area (Å²) in [5.74, 6) is 0. The Morgan fingerprint density at radius 3 is 2.57 bits per heavy atom. The van der Waals surface area contributed by atoms with E-state index in [9.17, 15) is 0 Å². The van der Waals surface area contributed by atoms with E-state index >= 15 is 0 Å². The summed E-state index contributed by atoms with van der Waals surface area (Å²) in [6.45, 7) is 0.894. The van der Waals surface area contributed by atoms with Crippen molar-refractivity contribution in [2.75, 3.05) is 14.1 Å². The van der Waals surface area contributed by atoms with Gasteiger partial charge < -0.3 is 4.90 Å². The number of aromatic nitrogens is 1. The van der Waals surface area contributed by atoms with Crippen molar-refractivity contribution in [1.29, 1.82) is 0 Å². The normalized spacial score (nSPS) is 11.1. The van der Waals surface area contributed by atoms with Gasteiger partial charge >= 0.3 is 0 Å². The van der Waals surface area contributed by atoms with Crippen LogP contribution < -0.4 is 0 Å². The molecule has 1 aromatic heterocycles. The van der Waals surface area contributed by atoms with E-state index in [-0.39, 0.29) is 0 Å². The van der Waals surface area contributed by atoms with E-state index in [0.717, 1.165) is 12.2 Å². The molecule has 2 nitrogen and oxygen atoms in total. The second kappa shape index (κ2) is 3.76. The van der Waals surface area contributed by atoms with Crippen molar-refractivity contribution in [3.8, 4) is 0 Å². The maximum absolute atomic E-state index is 4.41. The first-order chi connectivity index (χ1) is 6.75. The van der Waals surface area contributed by atoms with Crippen LogP contribution in [0, 0.1) is 0 Å². The Balaban J connectivity index is 2.41. The highest BCUT2D eigenvalue weighted by molar-refractivity contribution is 5.81. The molecule has 0 spiro atoms. The third-order valence-corrected chi connectivity index (χ3v) is 2.17. The number of rotatable bonds is 2. The molecule has 1 heterocycles. The molecule has 1 aromatic carbocycles. The first-order valence-electron chi connectivity index (χ1n) is 4.74. The zero-order valence-corrected chi connectivity index (χ0v) is 8.57. The van der Waals surface area contributed by atoms with Crippen LogP contribution >= 0.6 is 0 Å². The van der Waals surface area contributed by atoms with Crippen molar-refractivity contribution in [1.82, 2.24) is 9.88 Å². The van der Waals surface area contributed by atoms with Gasteiger partial charge in [-0.15, -0.1) is 0 Å². The topological polar surface area (TPSA) is 16.1 Å². The van der Waals surface area contributed by atoms with Gasteiger partial charge in [-0.1, -0.05) is 24.3 Å². The molecular weight excluding hydrogens is 172 g/mol. The lowest BCUT2D eigenvalue weighted by Gasteiger charge is -2.08. The summed E-state index contributed by atoms with van der Waals surface area (Å²) in [6.07, 6.45) is 1.94. The Morgan fingerprint density at radius 1 is 1.14 bits per heavy atom. The summed E-state index contributed by atoms with van der Waals surface area (Å²) in [5, 5.41) is 2.47. The smallest absolute Gasteiger partial charge is 0.0550 e. The second-order valence-corrected chi connectivity index (χ2v) is 3.76. The Bertz CT molecular complexity index is 435. The molecule has 2 aromatic rings. The van der Waals surface area contributed by atoms with Crippen molar-refractivity contribution in [2.24, 2.45) is 0 Å². The van der Waals surface area contributed by atoms with Gasteiger partial charge in [-0.2, -0.15) is 0 Å². The van der Waals surface area contributed by atoms with Crippen molar-refractivity contribution >= 4 is 10.8 Å². The van der Waals surface area contributed by atoms with Gasteiger partial charge in [0.25, 0.3) is 0 Å². The molecule has 0 saturated heterocycles. The molecule has 0 N–H and O–H groups in total. The van der Waals surface area contributed by atoms with Crippen molar-refractivity contribution in [3.05, 3.63) is 42.2 Å². The quantitative estimate of drug-likeness (QED) is 0.715. The number of hydrogen-bond donors (Lipinski definition) is 0. The van der Waals surface area contributed by atoms with Crippen molar-refractivity contribution < 1.29 is 0 Å². The highest BCUT2D eigenvalue weighted by Gasteiger charge is 1.98. The molecule has 72 valence electrons. The molecule has 0 aliphatic carbocycles. The molecule has 0 bridgehead atoms. The molecule has 0 radical (unpaired) electrons. The van der Waals surface area contributed by atoms with Crippen molar-refractivity contribution in [2.45, 2.75) is 6.54 Å². The zero-order valence-electron chi connectivity index (χ0n) is 8.57. The molecular formula is C12H14N2. The van der Waals surface area contributed by atoms with Gasteiger partial charge in [0.1, 0.15) is 0 Å². The van der Waals surface area contributed by atoms with E-state index < -0.39 is 0 Å². The molecule has 0 aliphatic heterocycles. The Morgan fingerprint density at radius 2 is 1.86 bits per heavy atom. The number of pyridine rings is 1. The van der Waals surface area contributed by atoms with Gasteiger partial charge in [-0.05, 0) is 25.5 Å². The predicted molar refractivity (Wildman–Crippen MR) is 59.1 cm³/mol. The van der Waals surface area contributed by atoms with E-state index in [2.05, 4.69) is 48.2 Å². The molecule has 14 heavy (non-hydrogen) atoms. The van der Waals surface area contributed by atoms with E-state index in [4.69, 9.17) is 0 Å². The number of benzene rings is 1. The standard InChI is InChI=1S/C12H14N2/c1-14(2)9-12-7-10-5-3-4-6-11(10)8-13-12/h3-8H,9H2,1-2H3. The molecule has 2 heteroatoms. The van der Waals surface area contributed by atoms with Crippen LogP contribution in [0.2, 0.25) is 0 Å². The summed E-state index contributed by atoms with van der Waals surface area (Å²) >= 11 is 0. The van der Waals surface area contributed by atoms with Gasteiger partial charge in [-0.25, -0.2) is 0 Å². The highest BCUT2D eigenvalue weighted by Crippen LogP contribution is 2.13. The minimum absolute atomic E-state index is 0.894. The summed E-state index contributed by atoms with van der Waals surface area (Å²) < 4.78 is 0. The second-order valence-electron chi connectivity index (χ2n) is 3.76. The fourth-order valence-electron chi connectivity index (χ4n) is 1.54. The number of fused-ring (bicyclic) bond motifs is 1. The largest absolute Gasteiger partial charge is 0.304 e. The van der Waals surface area contributed by atoms with Gasteiger partial charge in [0.2, 0.25) is 0 Å². The Kier molecular flexibility index (Phi) is 2.46. The summed E-state index contributed by atoms with van der Waals surface area (Å²) in [7, 11) is 4.10. The zero-order chi connectivity index (χ0) is 9.97. The Labute approximate surface area is 84.2 Å². The molecule has 0 saturated carbocycles. The number of hydrogen-bond acceptors (Lipinski definition) is 2. The fourth-order valence-corrected chi connectivity index (χ4v) is 1.54. The van der Waals surface area contributed by atoms with Crippen LogP contribution in [0.1, 0.15) is 5.69 Å². The number of nitrogens with zero attached hydrogens (tertiary/aromatic N) is 2. The molecule has 0 aliphatic rings. The average Bonchev–Trinajstić information content (AvgIpc) is 2.17. The van der Waals surface area contributed by atoms with Crippen LogP contribution in [0.5, 0.6) is 0 Å². The Hall–Kier alpha value is -1.41. The van der Waals surface area contributed by atoms with E-state index in [1.807, 2.05) is 12.3 Å². The molecule has 0 amide bonds. The van der Waals surface area contributed by atoms with Crippen LogP contribution in [-0.2, 0) is 6.54 Å². The maximum Gasteiger partial charge on any atom is 0.0550 e. The summed E-state index contributed by atoms with van der Waals surface area (Å²) in [6, 6.07) is 10.4. The monoisotopic (exact) mass is 186 g/mol. The van der Waals surface area contributed by atoms with E-state index in [1.165, 1.54) is 10.8 Å². The van der Waals surface area contributed by atoms with Crippen molar-refractivity contribution in [3.63, 3.8) is 0 Å². The summed E-state index contributed by atoms with van der Waals surface area (Å²) in [5.41, 5.74) is 1.12. The molecule has 0 atom stereocenters. The third kappa shape index (κ3) is 1.91. The average molecular weight is 186 g/mol. The van der Waals surface area contributed by atoms with Gasteiger partial charge in [0.05, 0.1) is 5.69 Å². The maximum atomic E-state index is 4.41. The highest BCUT2D eigenvalue weighted by atomic mass is 15.1. The lowest BCUT2D eigenvalue weighted by Crippen LogP contribution is -2.11. The summed E-state index contributed by atoms with van der Waals surface area (Å²) in [4.78, 5) is 6.53.